The second-order valence-electron chi connectivity index (χ2n) is 11.3. The van der Waals surface area contributed by atoms with Crippen LogP contribution in [0.25, 0.3) is 0 Å². The molecule has 2 nitrogen and oxygen atoms in total. The molecule has 4 aliphatic rings. The zero-order valence-corrected chi connectivity index (χ0v) is 17.7. The number of fused-ring (bicyclic) bond motifs is 4. The summed E-state index contributed by atoms with van der Waals surface area (Å²) in [7, 11) is 0. The predicted molar refractivity (Wildman–Crippen MR) is 107 cm³/mol. The van der Waals surface area contributed by atoms with Crippen LogP contribution >= 0.6 is 0 Å². The van der Waals surface area contributed by atoms with Gasteiger partial charge < -0.3 is 10.2 Å². The Morgan fingerprint density at radius 3 is 2.35 bits per heavy atom. The predicted octanol–water partition coefficient (Wildman–Crippen LogP) is 5.40. The van der Waals surface area contributed by atoms with Crippen molar-refractivity contribution in [2.45, 2.75) is 98.2 Å². The van der Waals surface area contributed by atoms with Crippen LogP contribution in [-0.2, 0) is 0 Å². The molecule has 0 saturated heterocycles. The van der Waals surface area contributed by atoms with E-state index in [-0.39, 0.29) is 22.3 Å². The van der Waals surface area contributed by atoms with Gasteiger partial charge in [0.2, 0.25) is 0 Å². The van der Waals surface area contributed by atoms with Crippen molar-refractivity contribution in [3.63, 3.8) is 0 Å². The van der Waals surface area contributed by atoms with Gasteiger partial charge in [0.15, 0.2) is 0 Å². The minimum absolute atomic E-state index is 0.00591. The summed E-state index contributed by atoms with van der Waals surface area (Å²) in [6.07, 6.45) is 10.1. The number of rotatable bonds is 1. The van der Waals surface area contributed by atoms with E-state index in [1.165, 1.54) is 12.8 Å². The monoisotopic (exact) mass is 358 g/mol. The molecule has 2 N–H and O–H groups in total. The fourth-order valence-electron chi connectivity index (χ4n) is 7.75. The van der Waals surface area contributed by atoms with Gasteiger partial charge in [0.05, 0.1) is 11.7 Å². The van der Waals surface area contributed by atoms with Crippen LogP contribution in [0.1, 0.15) is 86.5 Å². The maximum atomic E-state index is 10.8. The summed E-state index contributed by atoms with van der Waals surface area (Å²) >= 11 is 0. The summed E-state index contributed by atoms with van der Waals surface area (Å²) < 4.78 is 0. The van der Waals surface area contributed by atoms with Gasteiger partial charge in [-0.1, -0.05) is 39.3 Å². The van der Waals surface area contributed by atoms with Crippen LogP contribution in [0.15, 0.2) is 22.8 Å². The third-order valence-electron chi connectivity index (χ3n) is 9.21. The fraction of sp³-hybridized carbons (Fsp3) is 0.833. The first-order valence-electron chi connectivity index (χ1n) is 10.8. The molecule has 0 aromatic heterocycles. The molecule has 4 aliphatic carbocycles. The summed E-state index contributed by atoms with van der Waals surface area (Å²) in [4.78, 5) is 0. The SMILES string of the molecule is CC(C)(O)[C@H]1CC=C2C3=C(CC[C@@]21C)[C@@]1(C)CC[C@H](O)C(C)(C)C1CC3. The highest BCUT2D eigenvalue weighted by Crippen LogP contribution is 2.66. The molecule has 0 aromatic carbocycles. The van der Waals surface area contributed by atoms with Crippen LogP contribution in [0.5, 0.6) is 0 Å². The molecule has 0 aliphatic heterocycles. The Bertz CT molecular complexity index is 677. The van der Waals surface area contributed by atoms with Crippen molar-refractivity contribution in [3.8, 4) is 0 Å². The van der Waals surface area contributed by atoms with E-state index in [4.69, 9.17) is 0 Å². The quantitative estimate of drug-likeness (QED) is 0.659. The topological polar surface area (TPSA) is 40.5 Å². The number of hydrogen-bond acceptors (Lipinski definition) is 2. The van der Waals surface area contributed by atoms with Crippen molar-refractivity contribution < 1.29 is 10.2 Å². The van der Waals surface area contributed by atoms with Gasteiger partial charge in [-0.3, -0.25) is 0 Å². The van der Waals surface area contributed by atoms with E-state index in [9.17, 15) is 10.2 Å². The standard InChI is InChI=1S/C24H38O2/c1-21(2)18-9-7-15-16-8-10-19(22(3,4)26)24(16,6)13-11-17(15)23(18,5)14-12-20(21)25/h8,18-20,25-26H,7,9-14H2,1-6H3/t18?,19-,20+,23-,24+/m1/s1. The van der Waals surface area contributed by atoms with E-state index >= 15 is 0 Å². The van der Waals surface area contributed by atoms with E-state index in [1.54, 1.807) is 16.7 Å². The molecule has 1 unspecified atom stereocenters. The molecular weight excluding hydrogens is 320 g/mol. The normalized spacial score (nSPS) is 44.9. The summed E-state index contributed by atoms with van der Waals surface area (Å²) in [5.41, 5.74) is 4.66. The highest BCUT2D eigenvalue weighted by molar-refractivity contribution is 5.50. The molecule has 1 saturated carbocycles. The van der Waals surface area contributed by atoms with Gasteiger partial charge in [-0.2, -0.15) is 0 Å². The van der Waals surface area contributed by atoms with Crippen molar-refractivity contribution in [1.82, 2.24) is 0 Å². The number of aliphatic hydroxyl groups excluding tert-OH is 1. The third-order valence-corrected chi connectivity index (χ3v) is 9.21. The Hall–Kier alpha value is -0.600. The first-order valence-corrected chi connectivity index (χ1v) is 10.8. The minimum Gasteiger partial charge on any atom is -0.393 e. The minimum atomic E-state index is -0.622. The Kier molecular flexibility index (Phi) is 3.95. The summed E-state index contributed by atoms with van der Waals surface area (Å²) in [6, 6.07) is 0. The zero-order chi connectivity index (χ0) is 19.1. The Morgan fingerprint density at radius 2 is 1.69 bits per heavy atom. The van der Waals surface area contributed by atoms with Crippen LogP contribution in [0.2, 0.25) is 0 Å². The largest absolute Gasteiger partial charge is 0.393 e. The zero-order valence-electron chi connectivity index (χ0n) is 17.7. The summed E-state index contributed by atoms with van der Waals surface area (Å²) in [5.74, 6) is 0.906. The van der Waals surface area contributed by atoms with E-state index in [1.807, 2.05) is 13.8 Å². The molecule has 0 radical (unpaired) electrons. The molecule has 0 bridgehead atoms. The molecule has 5 atom stereocenters. The molecule has 26 heavy (non-hydrogen) atoms. The van der Waals surface area contributed by atoms with Gasteiger partial charge in [0.25, 0.3) is 0 Å². The van der Waals surface area contributed by atoms with Crippen molar-refractivity contribution in [3.05, 3.63) is 22.8 Å². The Balaban J connectivity index is 1.76. The van der Waals surface area contributed by atoms with E-state index < -0.39 is 5.60 Å². The van der Waals surface area contributed by atoms with Crippen LogP contribution in [0.3, 0.4) is 0 Å². The summed E-state index contributed by atoms with van der Waals surface area (Å²) in [5, 5.41) is 21.4. The highest BCUT2D eigenvalue weighted by Gasteiger charge is 2.58. The van der Waals surface area contributed by atoms with Crippen LogP contribution in [-0.4, -0.2) is 21.9 Å². The van der Waals surface area contributed by atoms with E-state index in [0.29, 0.717) is 11.8 Å². The lowest BCUT2D eigenvalue weighted by Crippen LogP contribution is -2.53. The van der Waals surface area contributed by atoms with Gasteiger partial charge in [0, 0.05) is 0 Å². The van der Waals surface area contributed by atoms with Crippen molar-refractivity contribution >= 4 is 0 Å². The van der Waals surface area contributed by atoms with Crippen molar-refractivity contribution in [2.75, 3.05) is 0 Å². The number of allylic oxidation sites excluding steroid dienone is 4. The molecular formula is C24H38O2. The first kappa shape index (κ1) is 18.7. The lowest BCUT2D eigenvalue weighted by atomic mass is 9.46. The average molecular weight is 359 g/mol. The third kappa shape index (κ3) is 2.30. The maximum Gasteiger partial charge on any atom is 0.0631 e. The number of aliphatic hydroxyl groups is 2. The Morgan fingerprint density at radius 1 is 1.00 bits per heavy atom. The molecule has 0 aromatic rings. The molecule has 0 amide bonds. The number of hydrogen-bond donors (Lipinski definition) is 2. The van der Waals surface area contributed by atoms with Crippen molar-refractivity contribution in [2.24, 2.45) is 28.1 Å². The first-order chi connectivity index (χ1) is 11.9. The summed E-state index contributed by atoms with van der Waals surface area (Å²) in [6.45, 7) is 13.5. The fourth-order valence-corrected chi connectivity index (χ4v) is 7.75. The van der Waals surface area contributed by atoms with Gasteiger partial charge in [-0.05, 0) is 98.0 Å². The van der Waals surface area contributed by atoms with E-state index in [0.717, 1.165) is 32.1 Å². The molecule has 4 rings (SSSR count). The van der Waals surface area contributed by atoms with Gasteiger partial charge >= 0.3 is 0 Å². The second kappa shape index (κ2) is 5.47. The average Bonchev–Trinajstić information content (AvgIpc) is 2.89. The second-order valence-corrected chi connectivity index (χ2v) is 11.3. The van der Waals surface area contributed by atoms with Crippen LogP contribution in [0.4, 0.5) is 0 Å². The highest BCUT2D eigenvalue weighted by atomic mass is 16.3. The smallest absolute Gasteiger partial charge is 0.0631 e. The molecule has 146 valence electrons. The maximum absolute atomic E-state index is 10.8. The lowest BCUT2D eigenvalue weighted by molar-refractivity contribution is -0.0914. The molecule has 0 heterocycles. The van der Waals surface area contributed by atoms with E-state index in [2.05, 4.69) is 33.8 Å². The van der Waals surface area contributed by atoms with Gasteiger partial charge in [-0.15, -0.1) is 0 Å². The van der Waals surface area contributed by atoms with Crippen LogP contribution < -0.4 is 0 Å². The van der Waals surface area contributed by atoms with Crippen LogP contribution in [0, 0.1) is 28.1 Å². The van der Waals surface area contributed by atoms with Gasteiger partial charge in [-0.25, -0.2) is 0 Å². The van der Waals surface area contributed by atoms with Gasteiger partial charge in [0.1, 0.15) is 0 Å². The molecule has 0 spiro atoms. The molecule has 1 fully saturated rings. The lowest BCUT2D eigenvalue weighted by Gasteiger charge is -2.59. The Labute approximate surface area is 159 Å². The molecule has 2 heteroatoms. The van der Waals surface area contributed by atoms with Crippen molar-refractivity contribution in [1.29, 1.82) is 0 Å².